The van der Waals surface area contributed by atoms with E-state index in [0.29, 0.717) is 0 Å². The molecular weight excluding hydrogens is 156 g/mol. The minimum atomic E-state index is 0.160. The van der Waals surface area contributed by atoms with Gasteiger partial charge in [0.1, 0.15) is 0 Å². The van der Waals surface area contributed by atoms with Crippen LogP contribution in [0.25, 0.3) is 0 Å². The third-order valence-corrected chi connectivity index (χ3v) is 3.25. The average Bonchev–Trinajstić information content (AvgIpc) is 2.13. The molecule has 0 saturated heterocycles. The summed E-state index contributed by atoms with van der Waals surface area (Å²) in [6.07, 6.45) is 4.11. The average molecular weight is 178 g/mol. The van der Waals surface area contributed by atoms with Crippen molar-refractivity contribution in [2.75, 3.05) is 0 Å². The molecule has 0 aromatic heterocycles. The molecule has 0 saturated carbocycles. The zero-order valence-corrected chi connectivity index (χ0v) is 9.86. The van der Waals surface area contributed by atoms with Crippen LogP contribution in [0.5, 0.6) is 0 Å². The molecule has 0 aliphatic carbocycles. The van der Waals surface area contributed by atoms with Crippen LogP contribution in [0.4, 0.5) is 0 Å². The smallest absolute Gasteiger partial charge is 0.00640 e. The van der Waals surface area contributed by atoms with Crippen molar-refractivity contribution in [1.29, 1.82) is 0 Å². The first kappa shape index (κ1) is 12.2. The summed E-state index contributed by atoms with van der Waals surface area (Å²) in [5.41, 5.74) is 4.25. The zero-order valence-electron chi connectivity index (χ0n) is 9.86. The molecule has 0 radical (unpaired) electrons. The van der Waals surface area contributed by atoms with Gasteiger partial charge in [-0.2, -0.15) is 0 Å². The van der Waals surface area contributed by atoms with Gasteiger partial charge in [0.25, 0.3) is 0 Å². The van der Waals surface area contributed by atoms with Gasteiger partial charge in [-0.25, -0.2) is 0 Å². The second-order valence-corrected chi connectivity index (χ2v) is 4.11. The Bertz CT molecular complexity index is 249. The Hall–Kier alpha value is -0.780. The van der Waals surface area contributed by atoms with Crippen molar-refractivity contribution in [2.24, 2.45) is 5.41 Å². The SMILES string of the molecule is C=CC(C)=C(C)C(C)(C)C(C)=CC. The molecule has 0 heterocycles. The van der Waals surface area contributed by atoms with Gasteiger partial charge in [0.15, 0.2) is 0 Å². The van der Waals surface area contributed by atoms with Crippen molar-refractivity contribution < 1.29 is 0 Å². The highest BCUT2D eigenvalue weighted by atomic mass is 14.3. The molecule has 0 aliphatic rings. The van der Waals surface area contributed by atoms with Crippen molar-refractivity contribution in [3.63, 3.8) is 0 Å². The molecule has 74 valence electrons. The summed E-state index contributed by atoms with van der Waals surface area (Å²) in [4.78, 5) is 0. The fourth-order valence-electron chi connectivity index (χ4n) is 1.30. The van der Waals surface area contributed by atoms with E-state index in [4.69, 9.17) is 0 Å². The van der Waals surface area contributed by atoms with Crippen LogP contribution >= 0.6 is 0 Å². The molecule has 0 bridgehead atoms. The molecular formula is C13H22. The van der Waals surface area contributed by atoms with Crippen LogP contribution < -0.4 is 0 Å². The Labute approximate surface area is 83.0 Å². The summed E-state index contributed by atoms with van der Waals surface area (Å²) in [6.45, 7) is 16.9. The summed E-state index contributed by atoms with van der Waals surface area (Å²) >= 11 is 0. The van der Waals surface area contributed by atoms with E-state index in [2.05, 4.69) is 54.2 Å². The second kappa shape index (κ2) is 4.45. The van der Waals surface area contributed by atoms with Gasteiger partial charge in [-0.05, 0) is 27.7 Å². The van der Waals surface area contributed by atoms with E-state index < -0.39 is 0 Å². The van der Waals surface area contributed by atoms with Crippen LogP contribution in [0.1, 0.15) is 41.5 Å². The summed E-state index contributed by atoms with van der Waals surface area (Å²) in [5.74, 6) is 0. The van der Waals surface area contributed by atoms with Crippen LogP contribution in [0, 0.1) is 5.41 Å². The van der Waals surface area contributed by atoms with Crippen molar-refractivity contribution in [3.05, 3.63) is 35.5 Å². The number of rotatable bonds is 3. The quantitative estimate of drug-likeness (QED) is 0.441. The van der Waals surface area contributed by atoms with Crippen LogP contribution in [-0.2, 0) is 0 Å². The molecule has 0 heteroatoms. The molecule has 0 rings (SSSR count). The van der Waals surface area contributed by atoms with Gasteiger partial charge in [0.2, 0.25) is 0 Å². The second-order valence-electron chi connectivity index (χ2n) is 4.11. The Morgan fingerprint density at radius 3 is 1.92 bits per heavy atom. The third kappa shape index (κ3) is 2.58. The van der Waals surface area contributed by atoms with Gasteiger partial charge in [0.05, 0.1) is 0 Å². The standard InChI is InChI=1S/C13H22/c1-8-10(3)12(5)13(6,7)11(4)9-2/h8-9H,1H2,2-7H3. The van der Waals surface area contributed by atoms with Crippen LogP contribution in [0.15, 0.2) is 35.5 Å². The van der Waals surface area contributed by atoms with E-state index in [0.717, 1.165) is 0 Å². The van der Waals surface area contributed by atoms with Gasteiger partial charge in [-0.3, -0.25) is 0 Å². The highest BCUT2D eigenvalue weighted by Gasteiger charge is 2.22. The maximum Gasteiger partial charge on any atom is 0.00640 e. The van der Waals surface area contributed by atoms with Crippen LogP contribution in [0.2, 0.25) is 0 Å². The zero-order chi connectivity index (χ0) is 10.6. The van der Waals surface area contributed by atoms with E-state index >= 15 is 0 Å². The van der Waals surface area contributed by atoms with E-state index in [1.807, 2.05) is 6.08 Å². The molecule has 0 nitrogen and oxygen atoms in total. The summed E-state index contributed by atoms with van der Waals surface area (Å²) < 4.78 is 0. The minimum absolute atomic E-state index is 0.160. The monoisotopic (exact) mass is 178 g/mol. The molecule has 0 unspecified atom stereocenters. The Balaban J connectivity index is 5.17. The van der Waals surface area contributed by atoms with Gasteiger partial charge in [-0.15, -0.1) is 0 Å². The first-order valence-corrected chi connectivity index (χ1v) is 4.81. The largest absolute Gasteiger partial charge is 0.0988 e. The van der Waals surface area contributed by atoms with Gasteiger partial charge in [0, 0.05) is 5.41 Å². The van der Waals surface area contributed by atoms with Crippen molar-refractivity contribution in [3.8, 4) is 0 Å². The molecule has 0 aliphatic heterocycles. The number of allylic oxidation sites excluding steroid dienone is 5. The molecule has 13 heavy (non-hydrogen) atoms. The Kier molecular flexibility index (Phi) is 4.19. The topological polar surface area (TPSA) is 0 Å². The Morgan fingerprint density at radius 1 is 1.15 bits per heavy atom. The summed E-state index contributed by atoms with van der Waals surface area (Å²) in [5, 5.41) is 0. The molecule has 0 fully saturated rings. The molecule has 0 aromatic carbocycles. The number of hydrogen-bond acceptors (Lipinski definition) is 0. The highest BCUT2D eigenvalue weighted by Crippen LogP contribution is 2.35. The van der Waals surface area contributed by atoms with E-state index in [1.54, 1.807) is 0 Å². The van der Waals surface area contributed by atoms with Crippen molar-refractivity contribution in [2.45, 2.75) is 41.5 Å². The van der Waals surface area contributed by atoms with E-state index in [9.17, 15) is 0 Å². The fraction of sp³-hybridized carbons (Fsp3) is 0.538. The maximum atomic E-state index is 3.80. The maximum absolute atomic E-state index is 3.80. The van der Waals surface area contributed by atoms with Gasteiger partial charge in [-0.1, -0.05) is 49.3 Å². The van der Waals surface area contributed by atoms with Gasteiger partial charge >= 0.3 is 0 Å². The highest BCUT2D eigenvalue weighted by molar-refractivity contribution is 5.32. The molecule has 0 N–H and O–H groups in total. The third-order valence-electron chi connectivity index (χ3n) is 3.25. The van der Waals surface area contributed by atoms with Crippen molar-refractivity contribution >= 4 is 0 Å². The molecule has 0 amide bonds. The number of hydrogen-bond donors (Lipinski definition) is 0. The lowest BCUT2D eigenvalue weighted by Crippen LogP contribution is -2.15. The molecule has 0 spiro atoms. The summed E-state index contributed by atoms with van der Waals surface area (Å²) in [6, 6.07) is 0. The normalized spacial score (nSPS) is 15.4. The van der Waals surface area contributed by atoms with Crippen molar-refractivity contribution in [1.82, 2.24) is 0 Å². The predicted octanol–water partition coefficient (Wildman–Crippen LogP) is 4.50. The van der Waals surface area contributed by atoms with E-state index in [1.165, 1.54) is 16.7 Å². The minimum Gasteiger partial charge on any atom is -0.0988 e. The lowest BCUT2D eigenvalue weighted by molar-refractivity contribution is 0.533. The van der Waals surface area contributed by atoms with Gasteiger partial charge < -0.3 is 0 Å². The molecule has 0 aromatic rings. The van der Waals surface area contributed by atoms with E-state index in [-0.39, 0.29) is 5.41 Å². The summed E-state index contributed by atoms with van der Waals surface area (Å²) in [7, 11) is 0. The fourth-order valence-corrected chi connectivity index (χ4v) is 1.30. The van der Waals surface area contributed by atoms with Crippen LogP contribution in [0.3, 0.4) is 0 Å². The van der Waals surface area contributed by atoms with Crippen LogP contribution in [-0.4, -0.2) is 0 Å². The Morgan fingerprint density at radius 2 is 1.62 bits per heavy atom. The lowest BCUT2D eigenvalue weighted by atomic mass is 9.76. The lowest BCUT2D eigenvalue weighted by Gasteiger charge is -2.28. The molecule has 0 atom stereocenters. The first-order valence-electron chi connectivity index (χ1n) is 4.81. The predicted molar refractivity (Wildman–Crippen MR) is 61.8 cm³/mol. The first-order chi connectivity index (χ1) is 5.87.